The van der Waals surface area contributed by atoms with Crippen molar-refractivity contribution in [3.05, 3.63) is 0 Å². The average Bonchev–Trinajstić information content (AvgIpc) is 2.17. The molecule has 90 valence electrons. The van der Waals surface area contributed by atoms with Crippen LogP contribution in [-0.4, -0.2) is 33.0 Å². The first kappa shape index (κ1) is 13.0. The van der Waals surface area contributed by atoms with Crippen LogP contribution in [0.2, 0.25) is 0 Å². The van der Waals surface area contributed by atoms with Crippen LogP contribution in [0.1, 0.15) is 39.0 Å². The van der Waals surface area contributed by atoms with Crippen LogP contribution in [-0.2, 0) is 9.84 Å². The Hall–Kier alpha value is -0.0900. The summed E-state index contributed by atoms with van der Waals surface area (Å²) in [5.41, 5.74) is 0. The Balaban J connectivity index is 2.20. The third-order valence-corrected chi connectivity index (χ3v) is 4.24. The Morgan fingerprint density at radius 3 is 2.40 bits per heavy atom. The molecule has 0 spiro atoms. The molecule has 0 saturated heterocycles. The van der Waals surface area contributed by atoms with Crippen LogP contribution in [0.3, 0.4) is 0 Å². The van der Waals surface area contributed by atoms with Crippen molar-refractivity contribution in [3.8, 4) is 0 Å². The summed E-state index contributed by atoms with van der Waals surface area (Å²) >= 11 is 0. The predicted molar refractivity (Wildman–Crippen MR) is 63.8 cm³/mol. The van der Waals surface area contributed by atoms with Gasteiger partial charge in [-0.05, 0) is 25.7 Å². The second-order valence-electron chi connectivity index (χ2n) is 4.77. The van der Waals surface area contributed by atoms with E-state index in [4.69, 9.17) is 0 Å². The first-order valence-corrected chi connectivity index (χ1v) is 7.96. The molecule has 1 fully saturated rings. The van der Waals surface area contributed by atoms with Crippen molar-refractivity contribution in [1.29, 1.82) is 0 Å². The third-order valence-electron chi connectivity index (χ3n) is 3.30. The summed E-state index contributed by atoms with van der Waals surface area (Å²) in [5.74, 6) is 1.00. The van der Waals surface area contributed by atoms with E-state index in [-0.39, 0.29) is 5.75 Å². The highest BCUT2D eigenvalue weighted by atomic mass is 32.2. The summed E-state index contributed by atoms with van der Waals surface area (Å²) in [6, 6.07) is 0.465. The molecule has 3 nitrogen and oxygen atoms in total. The zero-order valence-corrected chi connectivity index (χ0v) is 10.6. The molecule has 0 aliphatic heterocycles. The van der Waals surface area contributed by atoms with Gasteiger partial charge in [-0.25, -0.2) is 8.42 Å². The lowest BCUT2D eigenvalue weighted by Gasteiger charge is -2.28. The summed E-state index contributed by atoms with van der Waals surface area (Å²) in [6.45, 7) is 2.77. The molecule has 0 aromatic heterocycles. The quantitative estimate of drug-likeness (QED) is 0.784. The van der Waals surface area contributed by atoms with Gasteiger partial charge >= 0.3 is 0 Å². The van der Waals surface area contributed by atoms with Gasteiger partial charge in [-0.2, -0.15) is 0 Å². The minimum absolute atomic E-state index is 0.254. The van der Waals surface area contributed by atoms with Crippen LogP contribution in [0.15, 0.2) is 0 Å². The van der Waals surface area contributed by atoms with Crippen molar-refractivity contribution in [1.82, 2.24) is 5.32 Å². The molecule has 1 saturated carbocycles. The maximum absolute atomic E-state index is 10.9. The van der Waals surface area contributed by atoms with Gasteiger partial charge in [0.05, 0.1) is 5.75 Å². The molecule has 1 unspecified atom stereocenters. The zero-order valence-electron chi connectivity index (χ0n) is 9.83. The second-order valence-corrected chi connectivity index (χ2v) is 7.03. The third kappa shape index (κ3) is 5.52. The van der Waals surface area contributed by atoms with Gasteiger partial charge in [0.25, 0.3) is 0 Å². The molecule has 1 N–H and O–H groups in total. The SMILES string of the molecule is CC(NCCS(C)(=O)=O)C1CCCCC1. The molecule has 1 aliphatic carbocycles. The molecule has 0 amide bonds. The van der Waals surface area contributed by atoms with Gasteiger partial charge in [0.2, 0.25) is 0 Å². The van der Waals surface area contributed by atoms with Crippen LogP contribution in [0.25, 0.3) is 0 Å². The Bertz CT molecular complexity index is 268. The van der Waals surface area contributed by atoms with E-state index < -0.39 is 9.84 Å². The van der Waals surface area contributed by atoms with Crippen LogP contribution < -0.4 is 5.32 Å². The van der Waals surface area contributed by atoms with Gasteiger partial charge in [0.1, 0.15) is 9.84 Å². The van der Waals surface area contributed by atoms with E-state index in [2.05, 4.69) is 12.2 Å². The van der Waals surface area contributed by atoms with Crippen LogP contribution in [0.5, 0.6) is 0 Å². The molecule has 4 heteroatoms. The lowest BCUT2D eigenvalue weighted by Crippen LogP contribution is -2.37. The van der Waals surface area contributed by atoms with Gasteiger partial charge in [0, 0.05) is 18.8 Å². The maximum atomic E-state index is 10.9. The van der Waals surface area contributed by atoms with E-state index in [9.17, 15) is 8.42 Å². The van der Waals surface area contributed by atoms with Gasteiger partial charge in [0.15, 0.2) is 0 Å². The van der Waals surface area contributed by atoms with E-state index in [1.54, 1.807) is 0 Å². The second kappa shape index (κ2) is 5.85. The molecule has 1 aliphatic rings. The van der Waals surface area contributed by atoms with Crippen molar-refractivity contribution < 1.29 is 8.42 Å². The monoisotopic (exact) mass is 233 g/mol. The molecule has 1 rings (SSSR count). The molecular weight excluding hydrogens is 210 g/mol. The van der Waals surface area contributed by atoms with Crippen LogP contribution >= 0.6 is 0 Å². The molecule has 0 radical (unpaired) electrons. The van der Waals surface area contributed by atoms with E-state index >= 15 is 0 Å². The lowest BCUT2D eigenvalue weighted by atomic mass is 9.84. The summed E-state index contributed by atoms with van der Waals surface area (Å²) in [7, 11) is -2.81. The van der Waals surface area contributed by atoms with Crippen molar-refractivity contribution in [2.45, 2.75) is 45.1 Å². The standard InChI is InChI=1S/C11H23NO2S/c1-10(11-6-4-3-5-7-11)12-8-9-15(2,13)14/h10-12H,3-9H2,1-2H3. The zero-order chi connectivity index (χ0) is 11.3. The molecule has 0 aromatic carbocycles. The lowest BCUT2D eigenvalue weighted by molar-refractivity contribution is 0.285. The van der Waals surface area contributed by atoms with E-state index in [1.165, 1.54) is 38.4 Å². The molecule has 15 heavy (non-hydrogen) atoms. The van der Waals surface area contributed by atoms with Crippen molar-refractivity contribution in [2.75, 3.05) is 18.6 Å². The number of rotatable bonds is 5. The number of nitrogens with one attached hydrogen (secondary N) is 1. The summed E-state index contributed by atoms with van der Waals surface area (Å²) in [4.78, 5) is 0. The molecule has 1 atom stereocenters. The van der Waals surface area contributed by atoms with Crippen molar-refractivity contribution in [2.24, 2.45) is 5.92 Å². The highest BCUT2D eigenvalue weighted by molar-refractivity contribution is 7.90. The Morgan fingerprint density at radius 1 is 1.27 bits per heavy atom. The Morgan fingerprint density at radius 2 is 1.87 bits per heavy atom. The predicted octanol–water partition coefficient (Wildman–Crippen LogP) is 1.59. The molecular formula is C11H23NO2S. The Kier molecular flexibility index (Phi) is 5.06. The minimum atomic E-state index is -2.81. The summed E-state index contributed by atoms with van der Waals surface area (Å²) < 4.78 is 21.9. The molecule has 0 bridgehead atoms. The van der Waals surface area contributed by atoms with Crippen molar-refractivity contribution >= 4 is 9.84 Å². The highest BCUT2D eigenvalue weighted by Crippen LogP contribution is 2.26. The van der Waals surface area contributed by atoms with Gasteiger partial charge in [-0.15, -0.1) is 0 Å². The van der Waals surface area contributed by atoms with Crippen LogP contribution in [0, 0.1) is 5.92 Å². The highest BCUT2D eigenvalue weighted by Gasteiger charge is 2.19. The average molecular weight is 233 g/mol. The van der Waals surface area contributed by atoms with E-state index in [0.29, 0.717) is 12.6 Å². The van der Waals surface area contributed by atoms with Gasteiger partial charge < -0.3 is 5.32 Å². The largest absolute Gasteiger partial charge is 0.313 e. The number of hydrogen-bond acceptors (Lipinski definition) is 3. The number of sulfone groups is 1. The number of hydrogen-bond donors (Lipinski definition) is 1. The summed E-state index contributed by atoms with van der Waals surface area (Å²) in [5, 5.41) is 3.33. The fourth-order valence-electron chi connectivity index (χ4n) is 2.27. The fraction of sp³-hybridized carbons (Fsp3) is 1.00. The Labute approximate surface area is 93.6 Å². The van der Waals surface area contributed by atoms with Crippen LogP contribution in [0.4, 0.5) is 0 Å². The smallest absolute Gasteiger partial charge is 0.148 e. The van der Waals surface area contributed by atoms with Gasteiger partial charge in [-0.3, -0.25) is 0 Å². The minimum Gasteiger partial charge on any atom is -0.313 e. The van der Waals surface area contributed by atoms with Gasteiger partial charge in [-0.1, -0.05) is 19.3 Å². The topological polar surface area (TPSA) is 46.2 Å². The van der Waals surface area contributed by atoms with E-state index in [0.717, 1.165) is 5.92 Å². The first-order valence-electron chi connectivity index (χ1n) is 5.90. The maximum Gasteiger partial charge on any atom is 0.148 e. The summed E-state index contributed by atoms with van der Waals surface area (Å²) in [6.07, 6.45) is 7.93. The fourth-order valence-corrected chi connectivity index (χ4v) is 2.76. The molecule has 0 aromatic rings. The van der Waals surface area contributed by atoms with E-state index in [1.807, 2.05) is 0 Å². The normalized spacial score (nSPS) is 21.5. The molecule has 0 heterocycles. The first-order chi connectivity index (χ1) is 6.99. The van der Waals surface area contributed by atoms with Crippen molar-refractivity contribution in [3.63, 3.8) is 0 Å².